The van der Waals surface area contributed by atoms with E-state index in [0.29, 0.717) is 5.47 Å². The first-order valence-electron chi connectivity index (χ1n) is 7.38. The number of fused-ring (bicyclic) bond motifs is 3. The summed E-state index contributed by atoms with van der Waals surface area (Å²) >= 11 is 0. The average molecular weight is 290 g/mol. The molecular weight excluding hydrogens is 275 g/mol. The molecule has 0 saturated carbocycles. The molecule has 4 rings (SSSR count). The van der Waals surface area contributed by atoms with Crippen molar-refractivity contribution in [2.24, 2.45) is 0 Å². The normalized spacial score (nSPS) is 17.9. The molecule has 0 saturated heterocycles. The predicted octanol–water partition coefficient (Wildman–Crippen LogP) is 3.57. The van der Waals surface area contributed by atoms with E-state index in [4.69, 9.17) is 4.42 Å². The summed E-state index contributed by atoms with van der Waals surface area (Å²) in [4.78, 5) is 0. The van der Waals surface area contributed by atoms with Gasteiger partial charge in [-0.3, -0.25) is 0 Å². The van der Waals surface area contributed by atoms with Crippen molar-refractivity contribution in [1.29, 1.82) is 0 Å². The quantitative estimate of drug-likeness (QED) is 0.709. The van der Waals surface area contributed by atoms with E-state index in [0.717, 1.165) is 33.9 Å². The maximum absolute atomic E-state index is 9.38. The van der Waals surface area contributed by atoms with Gasteiger partial charge >= 0.3 is 7.12 Å². The Morgan fingerprint density at radius 1 is 1.00 bits per heavy atom. The Hall–Kier alpha value is -2.30. The molecule has 0 bridgehead atoms. The van der Waals surface area contributed by atoms with E-state index in [1.54, 1.807) is 6.08 Å². The van der Waals surface area contributed by atoms with Gasteiger partial charge in [-0.1, -0.05) is 54.6 Å². The van der Waals surface area contributed by atoms with Crippen LogP contribution in [0.4, 0.5) is 0 Å². The molecule has 1 aromatic heterocycles. The van der Waals surface area contributed by atoms with Crippen molar-refractivity contribution in [2.75, 3.05) is 0 Å². The van der Waals surface area contributed by atoms with Crippen LogP contribution in [0.5, 0.6) is 0 Å². The maximum atomic E-state index is 9.38. The Kier molecular flexibility index (Phi) is 3.14. The summed E-state index contributed by atoms with van der Waals surface area (Å²) in [6.07, 6.45) is 6.47. The average Bonchev–Trinajstić information content (AvgIpc) is 2.93. The Labute approximate surface area is 128 Å². The Balaban J connectivity index is 1.90. The highest BCUT2D eigenvalue weighted by Crippen LogP contribution is 2.37. The fourth-order valence-electron chi connectivity index (χ4n) is 3.16. The maximum Gasteiger partial charge on any atom is 0.488 e. The van der Waals surface area contributed by atoms with Crippen LogP contribution < -0.4 is 0 Å². The first kappa shape index (κ1) is 13.4. The highest BCUT2D eigenvalue weighted by molar-refractivity contribution is 6.51. The summed E-state index contributed by atoms with van der Waals surface area (Å²) in [6, 6.07) is 14.1. The van der Waals surface area contributed by atoms with Crippen LogP contribution in [0, 0.1) is 0 Å². The smallest absolute Gasteiger partial charge is 0.456 e. The number of hydrogen-bond donors (Lipinski definition) is 2. The zero-order valence-corrected chi connectivity index (χ0v) is 11.9. The first-order chi connectivity index (χ1) is 10.7. The molecule has 2 N–H and O–H groups in total. The molecule has 0 aliphatic heterocycles. The highest BCUT2D eigenvalue weighted by Gasteiger charge is 2.21. The van der Waals surface area contributed by atoms with E-state index < -0.39 is 7.12 Å². The van der Waals surface area contributed by atoms with Gasteiger partial charge in [0.15, 0.2) is 0 Å². The van der Waals surface area contributed by atoms with E-state index in [-0.39, 0.29) is 5.92 Å². The molecule has 3 nitrogen and oxygen atoms in total. The number of para-hydroxylation sites is 2. The SMILES string of the molecule is OB(O)C1=CC(c2cccc3c2oc2ccccc23)CC=C1. The fourth-order valence-corrected chi connectivity index (χ4v) is 3.16. The lowest BCUT2D eigenvalue weighted by molar-refractivity contribution is 0.420. The number of furan rings is 1. The molecule has 1 unspecified atom stereocenters. The number of hydrogen-bond acceptors (Lipinski definition) is 3. The summed E-state index contributed by atoms with van der Waals surface area (Å²) in [5, 5.41) is 21.0. The van der Waals surface area contributed by atoms with Crippen LogP contribution in [0.25, 0.3) is 21.9 Å². The van der Waals surface area contributed by atoms with Crippen molar-refractivity contribution in [3.05, 3.63) is 71.7 Å². The zero-order valence-electron chi connectivity index (χ0n) is 11.9. The monoisotopic (exact) mass is 290 g/mol. The number of allylic oxidation sites excluding steroid dienone is 4. The molecule has 1 aliphatic rings. The van der Waals surface area contributed by atoms with Crippen LogP contribution in [0.2, 0.25) is 0 Å². The predicted molar refractivity (Wildman–Crippen MR) is 88.5 cm³/mol. The molecular formula is C18H15BO3. The molecule has 2 aromatic carbocycles. The van der Waals surface area contributed by atoms with Crippen molar-refractivity contribution in [1.82, 2.24) is 0 Å². The van der Waals surface area contributed by atoms with Crippen LogP contribution in [0.1, 0.15) is 17.9 Å². The van der Waals surface area contributed by atoms with E-state index in [9.17, 15) is 10.0 Å². The zero-order chi connectivity index (χ0) is 15.1. The minimum atomic E-state index is -1.44. The molecule has 1 atom stereocenters. The molecule has 0 amide bonds. The standard InChI is InChI=1S/C18H15BO3/c20-19(21)13-6-3-5-12(11-13)14-8-4-9-16-15-7-1-2-10-17(15)22-18(14)16/h1-4,6-12,20-21H,5H2. The molecule has 1 heterocycles. The van der Waals surface area contributed by atoms with Gasteiger partial charge in [0.25, 0.3) is 0 Å². The minimum Gasteiger partial charge on any atom is -0.456 e. The first-order valence-corrected chi connectivity index (χ1v) is 7.38. The van der Waals surface area contributed by atoms with Crippen LogP contribution in [-0.4, -0.2) is 17.2 Å². The van der Waals surface area contributed by atoms with Crippen LogP contribution in [0.3, 0.4) is 0 Å². The van der Waals surface area contributed by atoms with Crippen molar-refractivity contribution < 1.29 is 14.5 Å². The van der Waals surface area contributed by atoms with Gasteiger partial charge in [-0.25, -0.2) is 0 Å². The second-order valence-corrected chi connectivity index (χ2v) is 5.61. The van der Waals surface area contributed by atoms with E-state index in [1.807, 2.05) is 42.5 Å². The topological polar surface area (TPSA) is 53.6 Å². The molecule has 3 aromatic rings. The Bertz CT molecular complexity index is 905. The summed E-state index contributed by atoms with van der Waals surface area (Å²) in [6.45, 7) is 0. The second kappa shape index (κ2) is 5.16. The van der Waals surface area contributed by atoms with E-state index in [2.05, 4.69) is 12.1 Å². The van der Waals surface area contributed by atoms with Crippen LogP contribution >= 0.6 is 0 Å². The summed E-state index contributed by atoms with van der Waals surface area (Å²) in [7, 11) is -1.44. The Morgan fingerprint density at radius 3 is 2.68 bits per heavy atom. The lowest BCUT2D eigenvalue weighted by Gasteiger charge is -2.17. The van der Waals surface area contributed by atoms with E-state index in [1.165, 1.54) is 0 Å². The molecule has 4 heteroatoms. The minimum absolute atomic E-state index is 0.0889. The molecule has 0 fully saturated rings. The van der Waals surface area contributed by atoms with Crippen molar-refractivity contribution in [2.45, 2.75) is 12.3 Å². The lowest BCUT2D eigenvalue weighted by atomic mass is 9.73. The summed E-state index contributed by atoms with van der Waals surface area (Å²) in [5.41, 5.74) is 3.37. The van der Waals surface area contributed by atoms with Gasteiger partial charge < -0.3 is 14.5 Å². The molecule has 22 heavy (non-hydrogen) atoms. The number of rotatable bonds is 2. The lowest BCUT2D eigenvalue weighted by Crippen LogP contribution is -2.16. The van der Waals surface area contributed by atoms with Gasteiger partial charge in [0.1, 0.15) is 11.2 Å². The van der Waals surface area contributed by atoms with Crippen molar-refractivity contribution in [3.63, 3.8) is 0 Å². The molecule has 108 valence electrons. The third-order valence-corrected chi connectivity index (χ3v) is 4.23. The molecule has 1 aliphatic carbocycles. The fraction of sp³-hybridized carbons (Fsp3) is 0.111. The van der Waals surface area contributed by atoms with E-state index >= 15 is 0 Å². The van der Waals surface area contributed by atoms with Gasteiger partial charge in [0.2, 0.25) is 0 Å². The molecule has 0 radical (unpaired) electrons. The molecule has 0 spiro atoms. The Morgan fingerprint density at radius 2 is 1.82 bits per heavy atom. The summed E-state index contributed by atoms with van der Waals surface area (Å²) < 4.78 is 6.05. The third kappa shape index (κ3) is 2.08. The van der Waals surface area contributed by atoms with Gasteiger partial charge in [0.05, 0.1) is 0 Å². The largest absolute Gasteiger partial charge is 0.488 e. The van der Waals surface area contributed by atoms with Crippen molar-refractivity contribution >= 4 is 29.1 Å². The van der Waals surface area contributed by atoms with Crippen LogP contribution in [-0.2, 0) is 0 Å². The number of benzene rings is 2. The van der Waals surface area contributed by atoms with Gasteiger partial charge in [0, 0.05) is 22.3 Å². The van der Waals surface area contributed by atoms with Gasteiger partial charge in [-0.05, 0) is 18.0 Å². The summed E-state index contributed by atoms with van der Waals surface area (Å²) in [5.74, 6) is 0.0889. The van der Waals surface area contributed by atoms with Crippen molar-refractivity contribution in [3.8, 4) is 0 Å². The second-order valence-electron chi connectivity index (χ2n) is 5.61. The van der Waals surface area contributed by atoms with Gasteiger partial charge in [-0.15, -0.1) is 0 Å². The van der Waals surface area contributed by atoms with Gasteiger partial charge in [-0.2, -0.15) is 0 Å². The van der Waals surface area contributed by atoms with Crippen LogP contribution in [0.15, 0.2) is 70.6 Å². The third-order valence-electron chi connectivity index (χ3n) is 4.23. The highest BCUT2D eigenvalue weighted by atomic mass is 16.4.